The molecule has 1 atom stereocenters. The summed E-state index contributed by atoms with van der Waals surface area (Å²) in [4.78, 5) is 0. The van der Waals surface area contributed by atoms with Crippen LogP contribution in [0, 0.1) is 0 Å². The first-order chi connectivity index (χ1) is 10.7. The second-order valence-corrected chi connectivity index (χ2v) is 4.54. The lowest BCUT2D eigenvalue weighted by atomic mass is 10.1. The van der Waals surface area contributed by atoms with E-state index in [1.807, 2.05) is 63.3 Å². The quantitative estimate of drug-likeness (QED) is 0.419. The summed E-state index contributed by atoms with van der Waals surface area (Å²) in [5.74, 6) is 1.50. The van der Waals surface area contributed by atoms with Gasteiger partial charge in [0.25, 0.3) is 0 Å². The molecule has 0 aromatic heterocycles. The first kappa shape index (κ1) is 18.1. The molecule has 0 saturated carbocycles. The Balaban J connectivity index is 0.00000116. The second-order valence-electron chi connectivity index (χ2n) is 4.54. The van der Waals surface area contributed by atoms with Crippen molar-refractivity contribution in [3.05, 3.63) is 60.4 Å². The van der Waals surface area contributed by atoms with Gasteiger partial charge in [-0.25, -0.2) is 0 Å². The summed E-state index contributed by atoms with van der Waals surface area (Å²) in [6, 6.07) is 8.02. The number of allylic oxidation sites excluding steroid dienone is 4. The fourth-order valence-corrected chi connectivity index (χ4v) is 1.71. The number of benzene rings is 1. The molecular formula is C19H26O3. The van der Waals surface area contributed by atoms with Gasteiger partial charge in [-0.2, -0.15) is 0 Å². The molecule has 0 radical (unpaired) electrons. The fraction of sp³-hybridized carbons (Fsp3) is 0.368. The van der Waals surface area contributed by atoms with Crippen molar-refractivity contribution in [1.29, 1.82) is 0 Å². The zero-order chi connectivity index (χ0) is 16.4. The highest BCUT2D eigenvalue weighted by Gasteiger charge is 2.22. The van der Waals surface area contributed by atoms with Crippen LogP contribution in [0.1, 0.15) is 26.3 Å². The van der Waals surface area contributed by atoms with E-state index in [0.717, 1.165) is 23.5 Å². The third-order valence-electron chi connectivity index (χ3n) is 3.05. The van der Waals surface area contributed by atoms with Gasteiger partial charge in [0.2, 0.25) is 0 Å². The minimum absolute atomic E-state index is 0.281. The van der Waals surface area contributed by atoms with Gasteiger partial charge < -0.3 is 14.2 Å². The molecule has 22 heavy (non-hydrogen) atoms. The van der Waals surface area contributed by atoms with Gasteiger partial charge in [0.1, 0.15) is 24.2 Å². The van der Waals surface area contributed by atoms with E-state index in [9.17, 15) is 0 Å². The third-order valence-corrected chi connectivity index (χ3v) is 3.05. The number of epoxide rings is 1. The predicted octanol–water partition coefficient (Wildman–Crippen LogP) is 4.61. The molecule has 2 rings (SSSR count). The van der Waals surface area contributed by atoms with E-state index in [1.54, 1.807) is 7.11 Å². The van der Waals surface area contributed by atoms with Crippen LogP contribution in [0.2, 0.25) is 0 Å². The van der Waals surface area contributed by atoms with Gasteiger partial charge >= 0.3 is 0 Å². The lowest BCUT2D eigenvalue weighted by Crippen LogP contribution is -2.03. The molecule has 3 nitrogen and oxygen atoms in total. The molecule has 1 aromatic carbocycles. The van der Waals surface area contributed by atoms with Crippen molar-refractivity contribution in [2.75, 3.05) is 20.3 Å². The molecule has 1 aliphatic heterocycles. The molecule has 0 bridgehead atoms. The number of rotatable bonds is 7. The van der Waals surface area contributed by atoms with Gasteiger partial charge in [0.05, 0.1) is 13.7 Å². The number of methoxy groups -OCH3 is 1. The van der Waals surface area contributed by atoms with Crippen LogP contribution in [-0.4, -0.2) is 26.4 Å². The van der Waals surface area contributed by atoms with E-state index in [2.05, 4.69) is 6.58 Å². The van der Waals surface area contributed by atoms with E-state index in [0.29, 0.717) is 12.4 Å². The van der Waals surface area contributed by atoms with E-state index in [1.165, 1.54) is 0 Å². The van der Waals surface area contributed by atoms with Gasteiger partial charge in [0, 0.05) is 0 Å². The van der Waals surface area contributed by atoms with Crippen molar-refractivity contribution >= 4 is 5.57 Å². The average molecular weight is 302 g/mol. The van der Waals surface area contributed by atoms with Crippen molar-refractivity contribution in [2.45, 2.75) is 26.9 Å². The van der Waals surface area contributed by atoms with Crippen molar-refractivity contribution in [1.82, 2.24) is 0 Å². The van der Waals surface area contributed by atoms with E-state index in [-0.39, 0.29) is 6.10 Å². The standard InChI is InChI=1S/C17H20O3.C2H6/c1-4-14(6-5-13(2)18-3)15-7-9-16(10-8-15)19-11-17-12-20-17;1-2/h4-10,17H,2,11-12H2,1,3H3;1-2H3/b6-5-,14-4+;. The molecule has 1 saturated heterocycles. The Bertz CT molecular complexity index is 508. The Morgan fingerprint density at radius 1 is 1.27 bits per heavy atom. The summed E-state index contributed by atoms with van der Waals surface area (Å²) in [5.41, 5.74) is 2.24. The molecule has 0 aliphatic carbocycles. The van der Waals surface area contributed by atoms with Crippen LogP contribution in [0.5, 0.6) is 5.75 Å². The minimum atomic E-state index is 0.281. The molecule has 3 heteroatoms. The molecule has 1 heterocycles. The maximum Gasteiger partial charge on any atom is 0.119 e. The van der Waals surface area contributed by atoms with Crippen molar-refractivity contribution in [3.63, 3.8) is 0 Å². The Kier molecular flexibility index (Phi) is 8.08. The number of hydrogen-bond acceptors (Lipinski definition) is 3. The highest BCUT2D eigenvalue weighted by molar-refractivity contribution is 5.74. The lowest BCUT2D eigenvalue weighted by molar-refractivity contribution is 0.263. The van der Waals surface area contributed by atoms with Crippen LogP contribution in [0.3, 0.4) is 0 Å². The first-order valence-electron chi connectivity index (χ1n) is 7.65. The van der Waals surface area contributed by atoms with Crippen LogP contribution >= 0.6 is 0 Å². The van der Waals surface area contributed by atoms with Gasteiger partial charge in [-0.1, -0.05) is 44.7 Å². The van der Waals surface area contributed by atoms with Crippen molar-refractivity contribution in [3.8, 4) is 5.75 Å². The molecule has 1 unspecified atom stereocenters. The second kappa shape index (κ2) is 9.85. The van der Waals surface area contributed by atoms with Gasteiger partial charge in [0.15, 0.2) is 0 Å². The Hall–Kier alpha value is -2.00. The topological polar surface area (TPSA) is 31.0 Å². The van der Waals surface area contributed by atoms with Crippen LogP contribution in [0.25, 0.3) is 5.57 Å². The fourth-order valence-electron chi connectivity index (χ4n) is 1.71. The Labute approximate surface area is 133 Å². The number of ether oxygens (including phenoxy) is 3. The molecule has 1 aliphatic rings. The average Bonchev–Trinajstić information content (AvgIpc) is 3.40. The van der Waals surface area contributed by atoms with Crippen LogP contribution in [0.15, 0.2) is 54.8 Å². The smallest absolute Gasteiger partial charge is 0.119 e. The zero-order valence-electron chi connectivity index (χ0n) is 14.0. The molecule has 0 N–H and O–H groups in total. The maximum absolute atomic E-state index is 5.62. The summed E-state index contributed by atoms with van der Waals surface area (Å²) in [5, 5.41) is 0. The third kappa shape index (κ3) is 6.19. The highest BCUT2D eigenvalue weighted by atomic mass is 16.6. The van der Waals surface area contributed by atoms with Gasteiger partial charge in [-0.3, -0.25) is 0 Å². The normalized spacial score (nSPS) is 16.7. The summed E-state index contributed by atoms with van der Waals surface area (Å²) < 4.78 is 15.7. The van der Waals surface area contributed by atoms with E-state index < -0.39 is 0 Å². The molecule has 0 spiro atoms. The summed E-state index contributed by atoms with van der Waals surface area (Å²) in [7, 11) is 1.61. The Morgan fingerprint density at radius 2 is 1.91 bits per heavy atom. The molecule has 1 aromatic rings. The van der Waals surface area contributed by atoms with Gasteiger partial charge in [-0.15, -0.1) is 0 Å². The van der Waals surface area contributed by atoms with Crippen molar-refractivity contribution < 1.29 is 14.2 Å². The minimum Gasteiger partial charge on any atom is -0.497 e. The first-order valence-corrected chi connectivity index (χ1v) is 7.65. The predicted molar refractivity (Wildman–Crippen MR) is 92.0 cm³/mol. The van der Waals surface area contributed by atoms with Crippen LogP contribution < -0.4 is 4.74 Å². The van der Waals surface area contributed by atoms with E-state index >= 15 is 0 Å². The molecule has 1 fully saturated rings. The van der Waals surface area contributed by atoms with E-state index in [4.69, 9.17) is 14.2 Å². The summed E-state index contributed by atoms with van der Waals surface area (Å²) in [6.45, 7) is 11.2. The van der Waals surface area contributed by atoms with Gasteiger partial charge in [-0.05, 0) is 36.3 Å². The monoisotopic (exact) mass is 302 g/mol. The summed E-state index contributed by atoms with van der Waals surface area (Å²) >= 11 is 0. The Morgan fingerprint density at radius 3 is 2.41 bits per heavy atom. The largest absolute Gasteiger partial charge is 0.497 e. The number of hydrogen-bond donors (Lipinski definition) is 0. The van der Waals surface area contributed by atoms with Crippen LogP contribution in [0.4, 0.5) is 0 Å². The van der Waals surface area contributed by atoms with Crippen LogP contribution in [-0.2, 0) is 9.47 Å². The zero-order valence-corrected chi connectivity index (χ0v) is 14.0. The summed E-state index contributed by atoms with van der Waals surface area (Å²) in [6.07, 6.45) is 6.17. The molecule has 0 amide bonds. The SMILES string of the molecule is C=C(/C=C\C(=C/C)c1ccc(OCC2CO2)cc1)OC.CC. The maximum atomic E-state index is 5.62. The molecule has 120 valence electrons. The molecular weight excluding hydrogens is 276 g/mol. The lowest BCUT2D eigenvalue weighted by Gasteiger charge is -2.07. The highest BCUT2D eigenvalue weighted by Crippen LogP contribution is 2.21. The van der Waals surface area contributed by atoms with Crippen molar-refractivity contribution in [2.24, 2.45) is 0 Å².